The van der Waals surface area contributed by atoms with Crippen molar-refractivity contribution in [3.05, 3.63) is 12.2 Å². The Kier molecular flexibility index (Phi) is 3.16. The van der Waals surface area contributed by atoms with Crippen molar-refractivity contribution in [1.29, 1.82) is 0 Å². The quantitative estimate of drug-likeness (QED) is 0.455. The summed E-state index contributed by atoms with van der Waals surface area (Å²) in [5.41, 5.74) is 1.54. The third kappa shape index (κ3) is 2.48. The molecule has 0 nitrogen and oxygen atoms in total. The zero-order valence-corrected chi connectivity index (χ0v) is 10.8. The minimum Gasteiger partial charge on any atom is -0.0994 e. The number of allylic oxidation sites excluding steroid dienone is 1. The van der Waals surface area contributed by atoms with Gasteiger partial charge in [0.1, 0.15) is 0 Å². The summed E-state index contributed by atoms with van der Waals surface area (Å²) in [5.74, 6) is 0.853. The molecule has 1 fully saturated rings. The van der Waals surface area contributed by atoms with Gasteiger partial charge in [0, 0.05) is 10.2 Å². The highest BCUT2D eigenvalue weighted by atomic mass is 28.1. The van der Waals surface area contributed by atoms with Gasteiger partial charge >= 0.3 is 0 Å². The monoisotopic (exact) mass is 182 g/mol. The Morgan fingerprint density at radius 2 is 1.75 bits per heavy atom. The maximum absolute atomic E-state index is 4.28. The molecule has 0 bridgehead atoms. The molecule has 0 unspecified atom stereocenters. The summed E-state index contributed by atoms with van der Waals surface area (Å²) in [5, 5.41) is 0.460. The van der Waals surface area contributed by atoms with Crippen LogP contribution in [0, 0.1) is 5.92 Å². The minimum atomic E-state index is 0.460. The van der Waals surface area contributed by atoms with Crippen molar-refractivity contribution in [1.82, 2.24) is 0 Å². The third-order valence-corrected chi connectivity index (χ3v) is 3.70. The van der Waals surface area contributed by atoms with Crippen LogP contribution in [0.3, 0.4) is 0 Å². The van der Waals surface area contributed by atoms with E-state index in [-0.39, 0.29) is 0 Å². The molecule has 0 N–H and O–H groups in total. The van der Waals surface area contributed by atoms with Crippen LogP contribution in [0.4, 0.5) is 0 Å². The van der Waals surface area contributed by atoms with E-state index in [0.717, 1.165) is 5.92 Å². The summed E-state index contributed by atoms with van der Waals surface area (Å²) in [6.45, 7) is 8.97. The number of rotatable bonds is 2. The molecule has 1 aliphatic rings. The molecule has 0 aromatic rings. The molecule has 0 aromatic heterocycles. The van der Waals surface area contributed by atoms with Gasteiger partial charge in [0.15, 0.2) is 0 Å². The van der Waals surface area contributed by atoms with E-state index in [9.17, 15) is 0 Å². The molecule has 1 heteroatoms. The van der Waals surface area contributed by atoms with Crippen LogP contribution in [0.1, 0.15) is 46.0 Å². The van der Waals surface area contributed by atoms with Crippen LogP contribution in [0.2, 0.25) is 5.04 Å². The Bertz CT molecular complexity index is 158. The molecule has 0 radical (unpaired) electrons. The van der Waals surface area contributed by atoms with E-state index in [0.29, 0.717) is 5.04 Å². The van der Waals surface area contributed by atoms with Crippen molar-refractivity contribution in [2.45, 2.75) is 51.0 Å². The molecular weight excluding hydrogens is 160 g/mol. The van der Waals surface area contributed by atoms with Gasteiger partial charge < -0.3 is 0 Å². The van der Waals surface area contributed by atoms with Crippen LogP contribution in [0.15, 0.2) is 12.2 Å². The van der Waals surface area contributed by atoms with Crippen molar-refractivity contribution in [2.75, 3.05) is 0 Å². The lowest BCUT2D eigenvalue weighted by Gasteiger charge is -2.32. The fraction of sp³-hybridized carbons (Fsp3) is 0.818. The van der Waals surface area contributed by atoms with E-state index in [2.05, 4.69) is 20.4 Å². The van der Waals surface area contributed by atoms with Gasteiger partial charge in [-0.1, -0.05) is 45.3 Å². The maximum atomic E-state index is 4.28. The lowest BCUT2D eigenvalue weighted by Crippen LogP contribution is -2.17. The van der Waals surface area contributed by atoms with E-state index < -0.39 is 0 Å². The van der Waals surface area contributed by atoms with Crippen molar-refractivity contribution >= 4 is 10.2 Å². The van der Waals surface area contributed by atoms with Crippen molar-refractivity contribution in [3.63, 3.8) is 0 Å². The normalized spacial score (nSPS) is 21.2. The van der Waals surface area contributed by atoms with Crippen LogP contribution >= 0.6 is 0 Å². The second-order valence-electron chi connectivity index (χ2n) is 5.11. The van der Waals surface area contributed by atoms with Gasteiger partial charge in [0.2, 0.25) is 0 Å². The van der Waals surface area contributed by atoms with Crippen LogP contribution in [-0.4, -0.2) is 10.2 Å². The van der Waals surface area contributed by atoms with Gasteiger partial charge in [-0.05, 0) is 23.8 Å². The van der Waals surface area contributed by atoms with Gasteiger partial charge in [-0.15, -0.1) is 0 Å². The fourth-order valence-corrected chi connectivity index (χ4v) is 2.47. The standard InChI is InChI=1S/C11H22Si/c1-9(11(2,3)12)10-7-5-4-6-8-10/h10H,1,4-8H2,2-3,12H3. The van der Waals surface area contributed by atoms with Gasteiger partial charge in [-0.3, -0.25) is 0 Å². The fourth-order valence-electron chi connectivity index (χ4n) is 2.06. The Morgan fingerprint density at radius 3 is 2.17 bits per heavy atom. The number of hydrogen-bond acceptors (Lipinski definition) is 0. The summed E-state index contributed by atoms with van der Waals surface area (Å²) < 4.78 is 0. The van der Waals surface area contributed by atoms with Gasteiger partial charge in [0.05, 0.1) is 0 Å². The van der Waals surface area contributed by atoms with Crippen molar-refractivity contribution in [2.24, 2.45) is 5.92 Å². The molecule has 1 aliphatic carbocycles. The molecule has 1 saturated carbocycles. The second kappa shape index (κ2) is 3.78. The molecule has 0 saturated heterocycles. The Labute approximate surface area is 79.9 Å². The average molecular weight is 182 g/mol. The molecule has 0 aromatic carbocycles. The zero-order valence-electron chi connectivity index (χ0n) is 8.82. The van der Waals surface area contributed by atoms with Gasteiger partial charge in [-0.25, -0.2) is 0 Å². The van der Waals surface area contributed by atoms with Gasteiger partial charge in [0.25, 0.3) is 0 Å². The van der Waals surface area contributed by atoms with E-state index in [1.165, 1.54) is 47.9 Å². The Hall–Kier alpha value is -0.0431. The molecule has 12 heavy (non-hydrogen) atoms. The van der Waals surface area contributed by atoms with E-state index >= 15 is 0 Å². The summed E-state index contributed by atoms with van der Waals surface area (Å²) >= 11 is 0. The van der Waals surface area contributed by atoms with Crippen LogP contribution in [-0.2, 0) is 0 Å². The average Bonchev–Trinajstić information content (AvgIpc) is 2.03. The molecule has 0 atom stereocenters. The summed E-state index contributed by atoms with van der Waals surface area (Å²) in [4.78, 5) is 0. The van der Waals surface area contributed by atoms with E-state index in [1.54, 1.807) is 0 Å². The van der Waals surface area contributed by atoms with Crippen LogP contribution in [0.25, 0.3) is 0 Å². The van der Waals surface area contributed by atoms with Crippen molar-refractivity contribution < 1.29 is 0 Å². The molecule has 0 aliphatic heterocycles. The summed E-state index contributed by atoms with van der Waals surface area (Å²) in [6, 6.07) is 0. The lowest BCUT2D eigenvalue weighted by molar-refractivity contribution is 0.385. The molecule has 0 heterocycles. The summed E-state index contributed by atoms with van der Waals surface area (Å²) in [7, 11) is 1.25. The smallest absolute Gasteiger partial charge is 0.0151 e. The van der Waals surface area contributed by atoms with Crippen LogP contribution < -0.4 is 0 Å². The largest absolute Gasteiger partial charge is 0.0994 e. The van der Waals surface area contributed by atoms with Crippen molar-refractivity contribution in [3.8, 4) is 0 Å². The predicted molar refractivity (Wildman–Crippen MR) is 59.7 cm³/mol. The SMILES string of the molecule is C=C(C1CCCCC1)C(C)(C)[SiH3]. The highest BCUT2D eigenvalue weighted by Crippen LogP contribution is 2.40. The second-order valence-corrected chi connectivity index (χ2v) is 7.61. The van der Waals surface area contributed by atoms with Gasteiger partial charge in [-0.2, -0.15) is 0 Å². The zero-order chi connectivity index (χ0) is 9.19. The summed E-state index contributed by atoms with van der Waals surface area (Å²) in [6.07, 6.45) is 7.13. The lowest BCUT2D eigenvalue weighted by atomic mass is 9.80. The molecule has 1 rings (SSSR count). The molecule has 70 valence electrons. The topological polar surface area (TPSA) is 0 Å². The first-order chi connectivity index (χ1) is 5.52. The molecular formula is C11H22Si. The van der Waals surface area contributed by atoms with E-state index in [4.69, 9.17) is 0 Å². The Balaban J connectivity index is 2.51. The first-order valence-electron chi connectivity index (χ1n) is 5.21. The first kappa shape index (κ1) is 10.0. The highest BCUT2D eigenvalue weighted by Gasteiger charge is 2.24. The molecule has 0 amide bonds. The third-order valence-electron chi connectivity index (χ3n) is 3.06. The first-order valence-corrected chi connectivity index (χ1v) is 6.21. The Morgan fingerprint density at radius 1 is 1.25 bits per heavy atom. The predicted octanol–water partition coefficient (Wildman–Crippen LogP) is 2.69. The molecule has 0 spiro atoms. The number of hydrogen-bond donors (Lipinski definition) is 0. The van der Waals surface area contributed by atoms with E-state index in [1.807, 2.05) is 0 Å². The maximum Gasteiger partial charge on any atom is 0.0151 e. The highest BCUT2D eigenvalue weighted by molar-refractivity contribution is 6.16. The van der Waals surface area contributed by atoms with Crippen LogP contribution in [0.5, 0.6) is 0 Å². The minimum absolute atomic E-state index is 0.460.